The zero-order valence-corrected chi connectivity index (χ0v) is 27.8. The van der Waals surface area contributed by atoms with E-state index in [1.807, 2.05) is 13.8 Å². The van der Waals surface area contributed by atoms with E-state index in [9.17, 15) is 24.0 Å². The van der Waals surface area contributed by atoms with Crippen LogP contribution in [0.15, 0.2) is 40.2 Å². The highest BCUT2D eigenvalue weighted by atomic mass is 32.1. The number of carbonyl (C=O) groups is 1. The number of nitrogens with zero attached hydrogens (tertiary/aromatic N) is 6. The fourth-order valence-electron chi connectivity index (χ4n) is 6.14. The number of thiophene rings is 1. The van der Waals surface area contributed by atoms with E-state index in [0.29, 0.717) is 52.4 Å². The van der Waals surface area contributed by atoms with Gasteiger partial charge in [-0.2, -0.15) is 15.5 Å². The standard InChI is InChI=1S/C33H39FN6O5S/c1-19(2)15-27(41)33(4,5)39-29(42)28-20(3)30(40-36-13-14-37-40)46-31(28)38(32(39)43)18-26(24-16-22(34)9-12-25(24)44-6)45-23-10-7-21(17-35)8-11-23/h9,12-14,16,19,21,23,26H,7-8,10-11,15,18H2,1-6H3/t21?,23?,26-/m0/s1. The smallest absolute Gasteiger partial charge is 0.333 e. The Bertz CT molecular complexity index is 1890. The molecule has 1 aliphatic rings. The van der Waals surface area contributed by atoms with Crippen LogP contribution in [0.5, 0.6) is 5.75 Å². The van der Waals surface area contributed by atoms with Crippen molar-refractivity contribution in [2.45, 2.75) is 91.0 Å². The van der Waals surface area contributed by atoms with Gasteiger partial charge in [0.15, 0.2) is 5.78 Å². The molecule has 0 unspecified atom stereocenters. The van der Waals surface area contributed by atoms with Gasteiger partial charge in [0.2, 0.25) is 0 Å². The molecule has 0 aliphatic heterocycles. The van der Waals surface area contributed by atoms with Gasteiger partial charge < -0.3 is 9.47 Å². The fourth-order valence-corrected chi connectivity index (χ4v) is 7.36. The third kappa shape index (κ3) is 6.28. The Morgan fingerprint density at radius 2 is 1.85 bits per heavy atom. The predicted molar refractivity (Wildman–Crippen MR) is 172 cm³/mol. The SMILES string of the molecule is COc1ccc(F)cc1[C@H](Cn1c(=O)n(C(C)(C)C(=O)CC(C)C)c(=O)c2c(C)c(-n3nccn3)sc21)OC1CCC(C#N)CC1. The molecule has 244 valence electrons. The summed E-state index contributed by atoms with van der Waals surface area (Å²) in [5.74, 6) is -0.404. The van der Waals surface area contributed by atoms with Crippen LogP contribution < -0.4 is 16.0 Å². The van der Waals surface area contributed by atoms with Crippen molar-refractivity contribution in [2.75, 3.05) is 7.11 Å². The summed E-state index contributed by atoms with van der Waals surface area (Å²) in [5.41, 5.74) is -1.76. The van der Waals surface area contributed by atoms with Crippen molar-refractivity contribution in [2.24, 2.45) is 11.8 Å². The lowest BCUT2D eigenvalue weighted by atomic mass is 9.88. The topological polar surface area (TPSA) is 134 Å². The average Bonchev–Trinajstić information content (AvgIpc) is 3.67. The number of ketones is 1. The van der Waals surface area contributed by atoms with E-state index in [1.54, 1.807) is 20.8 Å². The van der Waals surface area contributed by atoms with Crippen LogP contribution in [-0.2, 0) is 21.6 Å². The van der Waals surface area contributed by atoms with Crippen molar-refractivity contribution in [3.8, 4) is 16.8 Å². The Labute approximate surface area is 270 Å². The van der Waals surface area contributed by atoms with Gasteiger partial charge in [0.1, 0.15) is 33.0 Å². The minimum atomic E-state index is -1.46. The second kappa shape index (κ2) is 13.3. The number of methoxy groups -OCH3 is 1. The van der Waals surface area contributed by atoms with Crippen LogP contribution in [0.25, 0.3) is 15.2 Å². The van der Waals surface area contributed by atoms with Crippen LogP contribution in [0.3, 0.4) is 0 Å². The van der Waals surface area contributed by atoms with Crippen molar-refractivity contribution < 1.29 is 18.7 Å². The van der Waals surface area contributed by atoms with Gasteiger partial charge in [-0.3, -0.25) is 14.2 Å². The molecular weight excluding hydrogens is 611 g/mol. The lowest BCUT2D eigenvalue weighted by Gasteiger charge is -2.31. The number of aryl methyl sites for hydroxylation is 1. The summed E-state index contributed by atoms with van der Waals surface area (Å²) in [4.78, 5) is 44.1. The van der Waals surface area contributed by atoms with E-state index in [0.717, 1.165) is 4.57 Å². The van der Waals surface area contributed by atoms with E-state index in [-0.39, 0.29) is 42.1 Å². The first-order valence-electron chi connectivity index (χ1n) is 15.4. The third-order valence-electron chi connectivity index (χ3n) is 8.72. The Kier molecular flexibility index (Phi) is 9.60. The highest BCUT2D eigenvalue weighted by Crippen LogP contribution is 2.37. The third-order valence-corrected chi connectivity index (χ3v) is 10.0. The molecular formula is C33H39FN6O5S. The van der Waals surface area contributed by atoms with E-state index < -0.39 is 28.7 Å². The Morgan fingerprint density at radius 3 is 2.46 bits per heavy atom. The second-order valence-electron chi connectivity index (χ2n) is 12.8. The Morgan fingerprint density at radius 1 is 1.17 bits per heavy atom. The van der Waals surface area contributed by atoms with Crippen LogP contribution in [-0.4, -0.2) is 43.1 Å². The lowest BCUT2D eigenvalue weighted by Crippen LogP contribution is -2.53. The number of benzene rings is 1. The molecule has 3 aromatic heterocycles. The van der Waals surface area contributed by atoms with Gasteiger partial charge in [0.05, 0.1) is 43.6 Å². The van der Waals surface area contributed by atoms with Gasteiger partial charge in [-0.15, -0.1) is 4.80 Å². The zero-order valence-electron chi connectivity index (χ0n) is 26.9. The van der Waals surface area contributed by atoms with Crippen LogP contribution in [0.1, 0.15) is 77.0 Å². The summed E-state index contributed by atoms with van der Waals surface area (Å²) in [6.45, 7) is 8.65. The number of nitriles is 1. The van der Waals surface area contributed by atoms with Crippen molar-refractivity contribution >= 4 is 27.3 Å². The van der Waals surface area contributed by atoms with Crippen molar-refractivity contribution in [1.29, 1.82) is 5.26 Å². The predicted octanol–water partition coefficient (Wildman–Crippen LogP) is 5.45. The first-order valence-corrected chi connectivity index (χ1v) is 16.3. The molecule has 5 rings (SSSR count). The maximum atomic E-state index is 14.8. The fraction of sp³-hybridized carbons (Fsp3) is 0.515. The quantitative estimate of drug-likeness (QED) is 0.209. The average molecular weight is 651 g/mol. The number of ether oxygens (including phenoxy) is 2. The molecule has 4 aromatic rings. The number of aromatic nitrogens is 5. The number of halogens is 1. The number of hydrogen-bond acceptors (Lipinski definition) is 9. The number of Topliss-reactive ketones (excluding diaryl/α,β-unsaturated/α-hetero) is 1. The molecule has 1 aromatic carbocycles. The summed E-state index contributed by atoms with van der Waals surface area (Å²) in [7, 11) is 1.48. The highest BCUT2D eigenvalue weighted by molar-refractivity contribution is 7.21. The molecule has 0 bridgehead atoms. The van der Waals surface area contributed by atoms with Crippen LogP contribution in [0, 0.1) is 35.9 Å². The van der Waals surface area contributed by atoms with Gasteiger partial charge >= 0.3 is 5.69 Å². The zero-order chi connectivity index (χ0) is 33.3. The normalized spacial score (nSPS) is 17.7. The minimum absolute atomic E-state index is 0.0168. The molecule has 1 saturated carbocycles. The molecule has 0 saturated heterocycles. The minimum Gasteiger partial charge on any atom is -0.496 e. The van der Waals surface area contributed by atoms with Gasteiger partial charge in [0.25, 0.3) is 5.56 Å². The maximum Gasteiger partial charge on any atom is 0.333 e. The summed E-state index contributed by atoms with van der Waals surface area (Å²) < 4.78 is 29.5. The molecule has 46 heavy (non-hydrogen) atoms. The van der Waals surface area contributed by atoms with Gasteiger partial charge in [-0.1, -0.05) is 25.2 Å². The molecule has 0 N–H and O–H groups in total. The molecule has 3 heterocycles. The van der Waals surface area contributed by atoms with E-state index in [4.69, 9.17) is 9.47 Å². The van der Waals surface area contributed by atoms with Crippen LogP contribution in [0.4, 0.5) is 4.39 Å². The molecule has 1 fully saturated rings. The highest BCUT2D eigenvalue weighted by Gasteiger charge is 2.36. The summed E-state index contributed by atoms with van der Waals surface area (Å²) in [5, 5.41) is 18.7. The monoisotopic (exact) mass is 650 g/mol. The first kappa shape index (κ1) is 33.2. The second-order valence-corrected chi connectivity index (χ2v) is 13.7. The number of rotatable bonds is 11. The largest absolute Gasteiger partial charge is 0.496 e. The van der Waals surface area contributed by atoms with Crippen molar-refractivity contribution in [1.82, 2.24) is 24.1 Å². The van der Waals surface area contributed by atoms with Crippen LogP contribution >= 0.6 is 11.3 Å². The Hall–Kier alpha value is -4.15. The van der Waals surface area contributed by atoms with E-state index in [1.165, 1.54) is 58.4 Å². The summed E-state index contributed by atoms with van der Waals surface area (Å²) in [6.07, 6.45) is 4.68. The van der Waals surface area contributed by atoms with E-state index in [2.05, 4.69) is 16.3 Å². The van der Waals surface area contributed by atoms with Gasteiger partial charge in [-0.25, -0.2) is 13.8 Å². The van der Waals surface area contributed by atoms with Crippen molar-refractivity contribution in [3.05, 3.63) is 68.4 Å². The molecule has 0 amide bonds. The molecule has 1 aliphatic carbocycles. The number of hydrogen-bond donors (Lipinski definition) is 0. The molecule has 11 nitrogen and oxygen atoms in total. The number of carbonyl (C=O) groups excluding carboxylic acids is 1. The van der Waals surface area contributed by atoms with Gasteiger partial charge in [0, 0.05) is 23.5 Å². The first-order chi connectivity index (χ1) is 21.9. The lowest BCUT2D eigenvalue weighted by molar-refractivity contribution is -0.127. The Balaban J connectivity index is 1.74. The maximum absolute atomic E-state index is 14.8. The number of fused-ring (bicyclic) bond motifs is 1. The summed E-state index contributed by atoms with van der Waals surface area (Å²) >= 11 is 1.18. The van der Waals surface area contributed by atoms with Gasteiger partial charge in [-0.05, 0) is 70.6 Å². The van der Waals surface area contributed by atoms with Crippen LogP contribution in [0.2, 0.25) is 0 Å². The van der Waals surface area contributed by atoms with Crippen molar-refractivity contribution in [3.63, 3.8) is 0 Å². The molecule has 0 spiro atoms. The molecule has 0 radical (unpaired) electrons. The molecule has 13 heteroatoms. The summed E-state index contributed by atoms with van der Waals surface area (Å²) in [6, 6.07) is 6.46. The molecule has 1 atom stereocenters. The van der Waals surface area contributed by atoms with E-state index >= 15 is 0 Å².